The second-order valence-electron chi connectivity index (χ2n) is 10.2. The largest absolute Gasteiger partial charge is 0.465 e. The van der Waals surface area contributed by atoms with Gasteiger partial charge in [0.25, 0.3) is 0 Å². The van der Waals surface area contributed by atoms with Crippen LogP contribution in [0.1, 0.15) is 20.7 Å². The summed E-state index contributed by atoms with van der Waals surface area (Å²) >= 11 is 0. The lowest BCUT2D eigenvalue weighted by Gasteiger charge is -2.22. The van der Waals surface area contributed by atoms with E-state index in [0.717, 1.165) is 65.3 Å². The molecule has 0 fully saturated rings. The molecule has 0 aromatic heterocycles. The Hall–Kier alpha value is -5.48. The number of hydrogen-bond acceptors (Lipinski definition) is 4. The van der Waals surface area contributed by atoms with E-state index in [4.69, 9.17) is 9.47 Å². The van der Waals surface area contributed by atoms with E-state index in [0.29, 0.717) is 11.1 Å². The van der Waals surface area contributed by atoms with E-state index in [1.165, 1.54) is 14.2 Å². The predicted molar refractivity (Wildman–Crippen MR) is 170 cm³/mol. The molecule has 0 heterocycles. The van der Waals surface area contributed by atoms with Crippen molar-refractivity contribution in [1.29, 1.82) is 0 Å². The van der Waals surface area contributed by atoms with Crippen molar-refractivity contribution in [3.8, 4) is 22.3 Å². The lowest BCUT2D eigenvalue weighted by atomic mass is 9.81. The van der Waals surface area contributed by atoms with Crippen molar-refractivity contribution in [1.82, 2.24) is 0 Å². The highest BCUT2D eigenvalue weighted by molar-refractivity contribution is 6.28. The average Bonchev–Trinajstić information content (AvgIpc) is 3.05. The molecule has 0 saturated heterocycles. The van der Waals surface area contributed by atoms with Gasteiger partial charge in [-0.2, -0.15) is 0 Å². The maximum absolute atomic E-state index is 13.2. The van der Waals surface area contributed by atoms with Gasteiger partial charge in [0.15, 0.2) is 0 Å². The second-order valence-corrected chi connectivity index (χ2v) is 10.2. The summed E-state index contributed by atoms with van der Waals surface area (Å²) in [6.07, 6.45) is 0. The first-order valence-electron chi connectivity index (χ1n) is 13.8. The van der Waals surface area contributed by atoms with Crippen LogP contribution in [0, 0.1) is 0 Å². The third kappa shape index (κ3) is 3.84. The van der Waals surface area contributed by atoms with Crippen molar-refractivity contribution in [3.63, 3.8) is 0 Å². The summed E-state index contributed by atoms with van der Waals surface area (Å²) < 4.78 is 10.6. The minimum absolute atomic E-state index is 0.393. The first-order valence-corrected chi connectivity index (χ1v) is 13.8. The highest BCUT2D eigenvalue weighted by Gasteiger charge is 2.25. The summed E-state index contributed by atoms with van der Waals surface area (Å²) in [5.41, 5.74) is 4.54. The van der Waals surface area contributed by atoms with E-state index >= 15 is 0 Å². The van der Waals surface area contributed by atoms with Gasteiger partial charge in [-0.1, -0.05) is 109 Å². The van der Waals surface area contributed by atoms with E-state index in [-0.39, 0.29) is 0 Å². The Morgan fingerprint density at radius 2 is 0.690 bits per heavy atom. The maximum atomic E-state index is 13.2. The molecular weight excluding hydrogens is 520 g/mol. The summed E-state index contributed by atoms with van der Waals surface area (Å²) in [6.45, 7) is 0. The Morgan fingerprint density at radius 1 is 0.381 bits per heavy atom. The average molecular weight is 547 g/mol. The number of carbonyl (C=O) groups excluding carboxylic acids is 2. The summed E-state index contributed by atoms with van der Waals surface area (Å²) in [4.78, 5) is 26.5. The normalized spacial score (nSPS) is 11.3. The zero-order valence-electron chi connectivity index (χ0n) is 23.2. The van der Waals surface area contributed by atoms with Crippen LogP contribution >= 0.6 is 0 Å². The monoisotopic (exact) mass is 546 g/mol. The summed E-state index contributed by atoms with van der Waals surface area (Å²) in [5.74, 6) is -0.787. The number of esters is 2. The zero-order valence-corrected chi connectivity index (χ0v) is 23.2. The number of fused-ring (bicyclic) bond motifs is 4. The fourth-order valence-corrected chi connectivity index (χ4v) is 6.31. The van der Waals surface area contributed by atoms with Gasteiger partial charge in [0.2, 0.25) is 0 Å². The molecular formula is C38H26O4. The first kappa shape index (κ1) is 25.5. The number of methoxy groups -OCH3 is 2. The number of benzene rings is 7. The SMILES string of the molecule is COC(=O)c1ccc2ccccc2c1-c1c2ccccc2c(-c2c(C(=O)OC)ccc3ccccc23)c2ccccc12. The van der Waals surface area contributed by atoms with E-state index in [9.17, 15) is 9.59 Å². The molecule has 42 heavy (non-hydrogen) atoms. The van der Waals surface area contributed by atoms with Crippen molar-refractivity contribution in [2.45, 2.75) is 0 Å². The van der Waals surface area contributed by atoms with Gasteiger partial charge < -0.3 is 9.47 Å². The van der Waals surface area contributed by atoms with Gasteiger partial charge in [-0.05, 0) is 66.3 Å². The summed E-state index contributed by atoms with van der Waals surface area (Å²) in [7, 11) is 2.82. The van der Waals surface area contributed by atoms with E-state index in [1.54, 1.807) is 0 Å². The smallest absolute Gasteiger partial charge is 0.338 e. The Labute approximate surface area is 242 Å². The van der Waals surface area contributed by atoms with Crippen molar-refractivity contribution in [2.24, 2.45) is 0 Å². The van der Waals surface area contributed by atoms with Crippen molar-refractivity contribution in [3.05, 3.63) is 132 Å². The van der Waals surface area contributed by atoms with E-state index in [1.807, 2.05) is 72.8 Å². The molecule has 0 bridgehead atoms. The van der Waals surface area contributed by atoms with Crippen LogP contribution in [0.2, 0.25) is 0 Å². The first-order chi connectivity index (χ1) is 20.6. The number of rotatable bonds is 4. The second kappa shape index (κ2) is 10.2. The van der Waals surface area contributed by atoms with Crippen molar-refractivity contribution >= 4 is 55.0 Å². The molecule has 0 N–H and O–H groups in total. The lowest BCUT2D eigenvalue weighted by molar-refractivity contribution is 0.0593. The minimum atomic E-state index is -0.393. The molecule has 7 rings (SSSR count). The summed E-state index contributed by atoms with van der Waals surface area (Å²) in [5, 5.41) is 7.85. The van der Waals surface area contributed by atoms with Crippen LogP contribution in [0.3, 0.4) is 0 Å². The van der Waals surface area contributed by atoms with Gasteiger partial charge in [-0.15, -0.1) is 0 Å². The number of carbonyl (C=O) groups is 2. The molecule has 0 unspecified atom stereocenters. The van der Waals surface area contributed by atoms with Crippen LogP contribution in [0.4, 0.5) is 0 Å². The van der Waals surface area contributed by atoms with Crippen LogP contribution in [0.15, 0.2) is 121 Å². The molecule has 4 nitrogen and oxygen atoms in total. The third-order valence-electron chi connectivity index (χ3n) is 8.10. The fourth-order valence-electron chi connectivity index (χ4n) is 6.31. The number of hydrogen-bond donors (Lipinski definition) is 0. The van der Waals surface area contributed by atoms with Crippen molar-refractivity contribution in [2.75, 3.05) is 14.2 Å². The molecule has 0 aliphatic rings. The summed E-state index contributed by atoms with van der Waals surface area (Å²) in [6, 6.07) is 40.2. The molecule has 0 aliphatic carbocycles. The lowest BCUT2D eigenvalue weighted by Crippen LogP contribution is -2.06. The standard InChI is InChI=1S/C38H26O4/c1-41-37(39)31-21-19-23-11-3-5-13-25(23)33(31)35-27-15-7-9-17-29(27)36(30-18-10-8-16-28(30)35)34-26-14-6-4-12-24(26)20-22-32(34)38(40)42-2/h3-22H,1-2H3. The number of ether oxygens (including phenoxy) is 2. The van der Waals surface area contributed by atoms with Crippen LogP contribution in [-0.2, 0) is 9.47 Å². The molecule has 7 aromatic rings. The van der Waals surface area contributed by atoms with E-state index < -0.39 is 11.9 Å². The van der Waals surface area contributed by atoms with Gasteiger partial charge >= 0.3 is 11.9 Å². The highest BCUT2D eigenvalue weighted by atomic mass is 16.5. The Morgan fingerprint density at radius 3 is 1.02 bits per heavy atom. The quantitative estimate of drug-likeness (QED) is 0.163. The molecule has 0 spiro atoms. The molecule has 0 atom stereocenters. The van der Waals surface area contributed by atoms with Gasteiger partial charge in [0.05, 0.1) is 25.3 Å². The maximum Gasteiger partial charge on any atom is 0.338 e. The Kier molecular flexibility index (Phi) is 6.17. The Bertz CT molecular complexity index is 2000. The minimum Gasteiger partial charge on any atom is -0.465 e. The van der Waals surface area contributed by atoms with Crippen LogP contribution in [0.5, 0.6) is 0 Å². The molecule has 4 heteroatoms. The molecule has 0 amide bonds. The molecule has 202 valence electrons. The van der Waals surface area contributed by atoms with E-state index in [2.05, 4.69) is 48.5 Å². The third-order valence-corrected chi connectivity index (χ3v) is 8.10. The van der Waals surface area contributed by atoms with Gasteiger partial charge in [0, 0.05) is 11.1 Å². The molecule has 0 radical (unpaired) electrons. The van der Waals surface area contributed by atoms with Gasteiger partial charge in [0.1, 0.15) is 0 Å². The van der Waals surface area contributed by atoms with Crippen molar-refractivity contribution < 1.29 is 19.1 Å². The predicted octanol–water partition coefficient (Wildman–Crippen LogP) is 9.21. The highest BCUT2D eigenvalue weighted by Crippen LogP contribution is 2.48. The van der Waals surface area contributed by atoms with Gasteiger partial charge in [-0.3, -0.25) is 0 Å². The Balaban J connectivity index is 1.73. The van der Waals surface area contributed by atoms with Crippen LogP contribution in [0.25, 0.3) is 65.3 Å². The molecule has 7 aromatic carbocycles. The molecule has 0 aliphatic heterocycles. The van der Waals surface area contributed by atoms with Crippen LogP contribution < -0.4 is 0 Å². The fraction of sp³-hybridized carbons (Fsp3) is 0.0526. The molecule has 0 saturated carbocycles. The topological polar surface area (TPSA) is 52.6 Å². The zero-order chi connectivity index (χ0) is 28.8. The van der Waals surface area contributed by atoms with Gasteiger partial charge in [-0.25, -0.2) is 9.59 Å². The van der Waals surface area contributed by atoms with Crippen LogP contribution in [-0.4, -0.2) is 26.2 Å².